The number of hydrogen-bond donors (Lipinski definition) is 4. The third-order valence-corrected chi connectivity index (χ3v) is 10.8. The van der Waals surface area contributed by atoms with Gasteiger partial charge in [0, 0.05) is 5.88 Å². The van der Waals surface area contributed by atoms with Gasteiger partial charge in [-0.05, 0) is 64.6 Å². The van der Waals surface area contributed by atoms with Gasteiger partial charge in [0.1, 0.15) is 31.4 Å². The van der Waals surface area contributed by atoms with Gasteiger partial charge in [0.05, 0.1) is 17.6 Å². The van der Waals surface area contributed by atoms with Crippen molar-refractivity contribution in [3.63, 3.8) is 0 Å². The van der Waals surface area contributed by atoms with Crippen molar-refractivity contribution in [3.8, 4) is 0 Å². The van der Waals surface area contributed by atoms with Crippen LogP contribution < -0.4 is 21.3 Å². The van der Waals surface area contributed by atoms with Crippen LogP contribution in [0.15, 0.2) is 146 Å². The summed E-state index contributed by atoms with van der Waals surface area (Å²) in [5.74, 6) is -2.40. The summed E-state index contributed by atoms with van der Waals surface area (Å²) in [5.41, 5.74) is 4.16. The summed E-state index contributed by atoms with van der Waals surface area (Å²) in [4.78, 5) is 69.6. The molecule has 0 spiro atoms. The summed E-state index contributed by atoms with van der Waals surface area (Å²) >= 11 is 6.06. The van der Waals surface area contributed by atoms with Gasteiger partial charge < -0.3 is 35.5 Å². The normalized spacial score (nSPS) is 13.4. The maximum atomic E-state index is 14.5. The lowest BCUT2D eigenvalue weighted by Gasteiger charge is -2.36. The standard InChI is InChI=1S/C51H57ClN4O8/c1-34(2)44(55-50(60)62-32-39-21-13-7-14-22-39)47(57)53-42(29-36-17-9-5-10-18-36)46(64-49(59)41-27-25-38(31-52)26-28-41)43(30-37-19-11-6-12-20-37)54-48(58)45(35(3)4)56-51(61)63-33-40-23-15-8-16-24-40/h5-28,34-35,42-46H,29-33H2,1-4H3,(H,53,57)(H,54,58)(H,55,60)(H,56,61)/t42?,43?,44-,45-,46?/m0/s1. The van der Waals surface area contributed by atoms with Crippen LogP contribution in [0.5, 0.6) is 0 Å². The lowest BCUT2D eigenvalue weighted by molar-refractivity contribution is -0.127. The van der Waals surface area contributed by atoms with Crippen LogP contribution in [0.2, 0.25) is 0 Å². The third kappa shape index (κ3) is 15.3. The van der Waals surface area contributed by atoms with Gasteiger partial charge in [-0.15, -0.1) is 11.6 Å². The van der Waals surface area contributed by atoms with Gasteiger partial charge in [-0.3, -0.25) is 9.59 Å². The van der Waals surface area contributed by atoms with Gasteiger partial charge in [0.25, 0.3) is 0 Å². The Kier molecular flexibility index (Phi) is 18.8. The zero-order chi connectivity index (χ0) is 45.8. The molecular weight excluding hydrogens is 832 g/mol. The molecule has 0 aromatic heterocycles. The van der Waals surface area contributed by atoms with Crippen molar-refractivity contribution in [1.29, 1.82) is 0 Å². The smallest absolute Gasteiger partial charge is 0.408 e. The Hall–Kier alpha value is -6.66. The Labute approximate surface area is 380 Å². The molecule has 4 N–H and O–H groups in total. The first-order valence-electron chi connectivity index (χ1n) is 21.4. The summed E-state index contributed by atoms with van der Waals surface area (Å²) in [6.45, 7) is 7.15. The number of halogens is 1. The monoisotopic (exact) mass is 888 g/mol. The molecule has 4 atom stereocenters. The van der Waals surface area contributed by atoms with Crippen LogP contribution >= 0.6 is 11.6 Å². The van der Waals surface area contributed by atoms with E-state index in [-0.39, 0.29) is 37.5 Å². The first-order chi connectivity index (χ1) is 30.9. The first-order valence-corrected chi connectivity index (χ1v) is 21.9. The second-order valence-corrected chi connectivity index (χ2v) is 16.4. The highest BCUT2D eigenvalue weighted by Gasteiger charge is 2.39. The van der Waals surface area contributed by atoms with Crippen molar-refractivity contribution < 1.29 is 38.2 Å². The number of carbonyl (C=O) groups excluding carboxylic acids is 5. The summed E-state index contributed by atoms with van der Waals surface area (Å²) < 4.78 is 17.4. The molecule has 5 aromatic rings. The maximum absolute atomic E-state index is 14.5. The zero-order valence-electron chi connectivity index (χ0n) is 36.6. The highest BCUT2D eigenvalue weighted by molar-refractivity contribution is 6.17. The average Bonchev–Trinajstić information content (AvgIpc) is 3.31. The zero-order valence-corrected chi connectivity index (χ0v) is 37.3. The molecule has 5 rings (SSSR count). The molecule has 5 aromatic carbocycles. The maximum Gasteiger partial charge on any atom is 0.408 e. The topological polar surface area (TPSA) is 161 Å². The van der Waals surface area contributed by atoms with E-state index in [9.17, 15) is 24.0 Å². The van der Waals surface area contributed by atoms with E-state index in [4.69, 9.17) is 25.8 Å². The van der Waals surface area contributed by atoms with Gasteiger partial charge in [-0.25, -0.2) is 14.4 Å². The van der Waals surface area contributed by atoms with Gasteiger partial charge in [0.2, 0.25) is 11.8 Å². The Balaban J connectivity index is 1.51. The van der Waals surface area contributed by atoms with Crippen LogP contribution in [0, 0.1) is 11.8 Å². The van der Waals surface area contributed by atoms with E-state index < -0.39 is 72.1 Å². The highest BCUT2D eigenvalue weighted by Crippen LogP contribution is 2.21. The number of hydrogen-bond acceptors (Lipinski definition) is 8. The van der Waals surface area contributed by atoms with E-state index in [0.717, 1.165) is 27.8 Å². The number of ether oxygens (including phenoxy) is 3. The number of benzene rings is 5. The van der Waals surface area contributed by atoms with Gasteiger partial charge in [-0.1, -0.05) is 161 Å². The molecule has 2 unspecified atom stereocenters. The molecule has 0 radical (unpaired) electrons. The number of alkyl carbamates (subject to hydrolysis) is 2. The molecule has 64 heavy (non-hydrogen) atoms. The van der Waals surface area contributed by atoms with E-state index in [1.165, 1.54) is 0 Å². The minimum absolute atomic E-state index is 0.00250. The predicted octanol–water partition coefficient (Wildman–Crippen LogP) is 8.31. The molecule has 336 valence electrons. The van der Waals surface area contributed by atoms with Crippen molar-refractivity contribution in [1.82, 2.24) is 21.3 Å². The van der Waals surface area contributed by atoms with E-state index >= 15 is 0 Å². The lowest BCUT2D eigenvalue weighted by Crippen LogP contribution is -2.62. The largest absolute Gasteiger partial charge is 0.454 e. The van der Waals surface area contributed by atoms with Crippen molar-refractivity contribution in [2.75, 3.05) is 0 Å². The Bertz CT molecular complexity index is 2100. The van der Waals surface area contributed by atoms with E-state index in [2.05, 4.69) is 21.3 Å². The first kappa shape index (κ1) is 48.4. The van der Waals surface area contributed by atoms with E-state index in [0.29, 0.717) is 0 Å². The van der Waals surface area contributed by atoms with Crippen LogP contribution in [0.1, 0.15) is 65.9 Å². The van der Waals surface area contributed by atoms with Gasteiger partial charge in [-0.2, -0.15) is 0 Å². The van der Waals surface area contributed by atoms with Crippen LogP contribution in [-0.2, 0) is 55.7 Å². The number of nitrogens with one attached hydrogen (secondary N) is 4. The van der Waals surface area contributed by atoms with Crippen LogP contribution in [0.3, 0.4) is 0 Å². The summed E-state index contributed by atoms with van der Waals surface area (Å²) in [6, 6.07) is 39.5. The summed E-state index contributed by atoms with van der Waals surface area (Å²) in [6.07, 6.45) is -2.51. The van der Waals surface area contributed by atoms with E-state index in [1.54, 1.807) is 52.0 Å². The quantitative estimate of drug-likeness (QED) is 0.0325. The van der Waals surface area contributed by atoms with Gasteiger partial charge in [0.15, 0.2) is 0 Å². The van der Waals surface area contributed by atoms with Crippen molar-refractivity contribution in [2.45, 2.75) is 89.9 Å². The fourth-order valence-corrected chi connectivity index (χ4v) is 7.18. The molecule has 13 heteroatoms. The molecule has 0 aliphatic carbocycles. The molecule has 12 nitrogen and oxygen atoms in total. The van der Waals surface area contributed by atoms with E-state index in [1.807, 2.05) is 121 Å². The minimum Gasteiger partial charge on any atom is -0.454 e. The molecule has 0 fully saturated rings. The number of esters is 1. The molecule has 0 saturated heterocycles. The SMILES string of the molecule is CC(C)[C@H](NC(=O)OCc1ccccc1)C(=O)NC(Cc1ccccc1)C(OC(=O)c1ccc(CCl)cc1)C(Cc1ccccc1)NC(=O)[C@@H](NC(=O)OCc1ccccc1)C(C)C. The number of alkyl halides is 1. The molecule has 0 heterocycles. The predicted molar refractivity (Wildman–Crippen MR) is 246 cm³/mol. The Morgan fingerprint density at radius 1 is 0.469 bits per heavy atom. The van der Waals surface area contributed by atoms with Crippen molar-refractivity contribution >= 4 is 41.6 Å². The second-order valence-electron chi connectivity index (χ2n) is 16.2. The fourth-order valence-electron chi connectivity index (χ4n) is 7.00. The lowest BCUT2D eigenvalue weighted by atomic mass is 9.90. The fraction of sp³-hybridized carbons (Fsp3) is 0.314. The average molecular weight is 889 g/mol. The highest BCUT2D eigenvalue weighted by atomic mass is 35.5. The van der Waals surface area contributed by atoms with Crippen LogP contribution in [0.4, 0.5) is 9.59 Å². The minimum atomic E-state index is -1.23. The van der Waals surface area contributed by atoms with Crippen molar-refractivity contribution in [3.05, 3.63) is 179 Å². The number of rotatable bonds is 21. The summed E-state index contributed by atoms with van der Waals surface area (Å²) in [5, 5.41) is 11.7. The Morgan fingerprint density at radius 2 is 0.828 bits per heavy atom. The number of carbonyl (C=O) groups is 5. The Morgan fingerprint density at radius 3 is 1.17 bits per heavy atom. The molecular formula is C51H57ClN4O8. The van der Waals surface area contributed by atoms with Crippen LogP contribution in [0.25, 0.3) is 0 Å². The van der Waals surface area contributed by atoms with Crippen LogP contribution in [-0.4, -0.2) is 60.2 Å². The summed E-state index contributed by atoms with van der Waals surface area (Å²) in [7, 11) is 0. The molecule has 0 saturated carbocycles. The molecule has 0 aliphatic rings. The molecule has 0 aliphatic heterocycles. The van der Waals surface area contributed by atoms with Crippen molar-refractivity contribution in [2.24, 2.45) is 11.8 Å². The second kappa shape index (κ2) is 24.8. The number of amides is 4. The molecule has 0 bridgehead atoms. The molecule has 4 amide bonds. The van der Waals surface area contributed by atoms with Gasteiger partial charge >= 0.3 is 18.2 Å². The third-order valence-electron chi connectivity index (χ3n) is 10.5.